The second-order valence-corrected chi connectivity index (χ2v) is 5.68. The first-order valence-corrected chi connectivity index (χ1v) is 8.14. The lowest BCUT2D eigenvalue weighted by molar-refractivity contribution is -0.146. The predicted molar refractivity (Wildman–Crippen MR) is 98.1 cm³/mol. The fourth-order valence-electron chi connectivity index (χ4n) is 2.22. The highest BCUT2D eigenvalue weighted by molar-refractivity contribution is 5.95. The molecule has 0 radical (unpaired) electrons. The number of rotatable bonds is 9. The van der Waals surface area contributed by atoms with E-state index in [4.69, 9.17) is 14.9 Å². The van der Waals surface area contributed by atoms with Gasteiger partial charge in [0, 0.05) is 6.08 Å². The van der Waals surface area contributed by atoms with Crippen molar-refractivity contribution in [3.05, 3.63) is 71.8 Å². The standard InChI is InChI=1S/C20H19NO6/c22-18(21-17(20(25)26)12-19(23)24)10-9-14-7-4-8-16(11-14)27-13-15-5-2-1-3-6-15/h1-11,17H,12-13H2,(H,21,22)(H,23,24)(H,25,26)/b10-9+. The lowest BCUT2D eigenvalue weighted by Gasteiger charge is -2.10. The second-order valence-electron chi connectivity index (χ2n) is 5.68. The van der Waals surface area contributed by atoms with Crippen molar-refractivity contribution in [3.8, 4) is 5.75 Å². The summed E-state index contributed by atoms with van der Waals surface area (Å²) in [6, 6.07) is 15.2. The van der Waals surface area contributed by atoms with Crippen LogP contribution >= 0.6 is 0 Å². The molecule has 2 rings (SSSR count). The summed E-state index contributed by atoms with van der Waals surface area (Å²) in [6.45, 7) is 0.407. The molecule has 0 bridgehead atoms. The molecule has 0 spiro atoms. The largest absolute Gasteiger partial charge is 0.489 e. The van der Waals surface area contributed by atoms with Crippen molar-refractivity contribution in [1.82, 2.24) is 5.32 Å². The monoisotopic (exact) mass is 369 g/mol. The summed E-state index contributed by atoms with van der Waals surface area (Å²) >= 11 is 0. The molecule has 1 atom stereocenters. The summed E-state index contributed by atoms with van der Waals surface area (Å²) in [5, 5.41) is 19.7. The van der Waals surface area contributed by atoms with E-state index in [0.717, 1.165) is 11.6 Å². The highest BCUT2D eigenvalue weighted by Gasteiger charge is 2.21. The maximum absolute atomic E-state index is 11.8. The maximum atomic E-state index is 11.8. The van der Waals surface area contributed by atoms with Crippen LogP contribution in [-0.4, -0.2) is 34.1 Å². The van der Waals surface area contributed by atoms with E-state index in [1.807, 2.05) is 30.3 Å². The van der Waals surface area contributed by atoms with E-state index in [0.29, 0.717) is 17.9 Å². The zero-order valence-electron chi connectivity index (χ0n) is 14.4. The topological polar surface area (TPSA) is 113 Å². The molecule has 0 heterocycles. The van der Waals surface area contributed by atoms with Crippen molar-refractivity contribution < 1.29 is 29.3 Å². The Morgan fingerprint density at radius 1 is 1.04 bits per heavy atom. The van der Waals surface area contributed by atoms with Crippen molar-refractivity contribution in [2.75, 3.05) is 0 Å². The number of hydrogen-bond acceptors (Lipinski definition) is 4. The van der Waals surface area contributed by atoms with Gasteiger partial charge in [0.05, 0.1) is 6.42 Å². The van der Waals surface area contributed by atoms with Crippen LogP contribution in [0.15, 0.2) is 60.7 Å². The fraction of sp³-hybridized carbons (Fsp3) is 0.150. The number of hydrogen-bond donors (Lipinski definition) is 3. The summed E-state index contributed by atoms with van der Waals surface area (Å²) in [5.74, 6) is -2.79. The summed E-state index contributed by atoms with van der Waals surface area (Å²) in [7, 11) is 0. The van der Waals surface area contributed by atoms with Gasteiger partial charge in [0.1, 0.15) is 18.4 Å². The zero-order valence-corrected chi connectivity index (χ0v) is 14.4. The van der Waals surface area contributed by atoms with Crippen LogP contribution < -0.4 is 10.1 Å². The molecule has 2 aromatic carbocycles. The van der Waals surface area contributed by atoms with Crippen LogP contribution in [0.3, 0.4) is 0 Å². The van der Waals surface area contributed by atoms with Crippen molar-refractivity contribution in [1.29, 1.82) is 0 Å². The van der Waals surface area contributed by atoms with Gasteiger partial charge >= 0.3 is 11.9 Å². The fourth-order valence-corrected chi connectivity index (χ4v) is 2.22. The average molecular weight is 369 g/mol. The van der Waals surface area contributed by atoms with Gasteiger partial charge in [-0.1, -0.05) is 42.5 Å². The zero-order chi connectivity index (χ0) is 19.6. The van der Waals surface area contributed by atoms with Crippen molar-refractivity contribution in [3.63, 3.8) is 0 Å². The van der Waals surface area contributed by atoms with Gasteiger partial charge in [-0.05, 0) is 29.3 Å². The number of benzene rings is 2. The van der Waals surface area contributed by atoms with Crippen LogP contribution in [0.25, 0.3) is 6.08 Å². The Bertz CT molecular complexity index is 831. The lowest BCUT2D eigenvalue weighted by atomic mass is 10.2. The van der Waals surface area contributed by atoms with Gasteiger partial charge in [-0.2, -0.15) is 0 Å². The molecule has 7 nitrogen and oxygen atoms in total. The van der Waals surface area contributed by atoms with Gasteiger partial charge in [0.25, 0.3) is 0 Å². The third kappa shape index (κ3) is 7.03. The van der Waals surface area contributed by atoms with Crippen LogP contribution in [0, 0.1) is 0 Å². The number of aliphatic carboxylic acids is 2. The summed E-state index contributed by atoms with van der Waals surface area (Å²) in [5.41, 5.74) is 1.71. The summed E-state index contributed by atoms with van der Waals surface area (Å²) < 4.78 is 5.70. The van der Waals surface area contributed by atoms with Gasteiger partial charge < -0.3 is 20.3 Å². The van der Waals surface area contributed by atoms with Gasteiger partial charge in [-0.3, -0.25) is 9.59 Å². The molecule has 140 valence electrons. The van der Waals surface area contributed by atoms with Crippen LogP contribution in [0.2, 0.25) is 0 Å². The van der Waals surface area contributed by atoms with Crippen LogP contribution in [-0.2, 0) is 21.0 Å². The molecule has 0 aliphatic rings. The Morgan fingerprint density at radius 3 is 2.44 bits per heavy atom. The van der Waals surface area contributed by atoms with E-state index >= 15 is 0 Å². The van der Waals surface area contributed by atoms with Crippen molar-refractivity contribution >= 4 is 23.9 Å². The third-order valence-electron chi connectivity index (χ3n) is 3.53. The molecule has 0 aromatic heterocycles. The molecule has 0 aliphatic carbocycles. The maximum Gasteiger partial charge on any atom is 0.326 e. The summed E-state index contributed by atoms with van der Waals surface area (Å²) in [4.78, 5) is 33.4. The molecule has 2 aromatic rings. The molecule has 0 fully saturated rings. The van der Waals surface area contributed by atoms with Crippen LogP contribution in [0.1, 0.15) is 17.5 Å². The molecule has 0 aliphatic heterocycles. The number of amides is 1. The van der Waals surface area contributed by atoms with Gasteiger partial charge in [-0.25, -0.2) is 4.79 Å². The Morgan fingerprint density at radius 2 is 1.78 bits per heavy atom. The van der Waals surface area contributed by atoms with E-state index in [-0.39, 0.29) is 0 Å². The summed E-state index contributed by atoms with van der Waals surface area (Å²) in [6.07, 6.45) is 1.94. The highest BCUT2D eigenvalue weighted by atomic mass is 16.5. The molecule has 0 saturated heterocycles. The van der Waals surface area contributed by atoms with E-state index in [9.17, 15) is 14.4 Å². The normalized spacial score (nSPS) is 11.7. The van der Waals surface area contributed by atoms with Crippen molar-refractivity contribution in [2.45, 2.75) is 19.1 Å². The molecule has 1 amide bonds. The number of carbonyl (C=O) groups excluding carboxylic acids is 1. The number of carboxylic acid groups (broad SMARTS) is 2. The van der Waals surface area contributed by atoms with Crippen LogP contribution in [0.5, 0.6) is 5.75 Å². The Balaban J connectivity index is 1.94. The number of carboxylic acids is 2. The molecule has 27 heavy (non-hydrogen) atoms. The van der Waals surface area contributed by atoms with E-state index in [2.05, 4.69) is 5.32 Å². The Labute approximate surface area is 155 Å². The number of ether oxygens (including phenoxy) is 1. The first-order chi connectivity index (χ1) is 12.9. The molecule has 3 N–H and O–H groups in total. The van der Waals surface area contributed by atoms with Gasteiger partial charge in [0.2, 0.25) is 5.91 Å². The highest BCUT2D eigenvalue weighted by Crippen LogP contribution is 2.16. The first-order valence-electron chi connectivity index (χ1n) is 8.14. The third-order valence-corrected chi connectivity index (χ3v) is 3.53. The molecular weight excluding hydrogens is 350 g/mol. The minimum atomic E-state index is -1.49. The van der Waals surface area contributed by atoms with Gasteiger partial charge in [0.15, 0.2) is 0 Å². The quantitative estimate of drug-likeness (QED) is 0.585. The first kappa shape index (κ1) is 19.7. The Kier molecular flexibility index (Phi) is 7.13. The van der Waals surface area contributed by atoms with E-state index in [1.165, 1.54) is 6.08 Å². The van der Waals surface area contributed by atoms with Gasteiger partial charge in [-0.15, -0.1) is 0 Å². The van der Waals surface area contributed by atoms with E-state index in [1.54, 1.807) is 24.3 Å². The lowest BCUT2D eigenvalue weighted by Crippen LogP contribution is -2.41. The van der Waals surface area contributed by atoms with Crippen LogP contribution in [0.4, 0.5) is 0 Å². The molecule has 1 unspecified atom stereocenters. The predicted octanol–water partition coefficient (Wildman–Crippen LogP) is 2.32. The second kappa shape index (κ2) is 9.76. The SMILES string of the molecule is O=C(O)CC(NC(=O)/C=C/c1cccc(OCc2ccccc2)c1)C(=O)O. The smallest absolute Gasteiger partial charge is 0.326 e. The molecular formula is C20H19NO6. The minimum absolute atomic E-state index is 0.407. The molecule has 7 heteroatoms. The minimum Gasteiger partial charge on any atom is -0.489 e. The van der Waals surface area contributed by atoms with Crippen molar-refractivity contribution in [2.24, 2.45) is 0 Å². The molecule has 0 saturated carbocycles. The number of nitrogens with one attached hydrogen (secondary N) is 1. The number of carbonyl (C=O) groups is 3. The van der Waals surface area contributed by atoms with E-state index < -0.39 is 30.3 Å². The average Bonchev–Trinajstić information content (AvgIpc) is 2.65. The Hall–Kier alpha value is -3.61.